The summed E-state index contributed by atoms with van der Waals surface area (Å²) >= 11 is 0. The Labute approximate surface area is 164 Å². The maximum absolute atomic E-state index is 11.9. The molecule has 1 saturated heterocycles. The minimum Gasteiger partial charge on any atom is -0.454 e. The first-order valence-corrected chi connectivity index (χ1v) is 9.51. The number of ketones is 1. The Kier molecular flexibility index (Phi) is 6.58. The molecule has 2 aliphatic rings. The van der Waals surface area contributed by atoms with Crippen LogP contribution in [0.3, 0.4) is 0 Å². The number of rotatable bonds is 7. The zero-order chi connectivity index (χ0) is 20.1. The van der Waals surface area contributed by atoms with E-state index in [0.717, 1.165) is 6.42 Å². The number of hydrogen-bond acceptors (Lipinski definition) is 8. The van der Waals surface area contributed by atoms with E-state index in [1.54, 1.807) is 17.0 Å². The van der Waals surface area contributed by atoms with Gasteiger partial charge in [-0.15, -0.1) is 0 Å². The number of aliphatic hydroxyl groups excluding tert-OH is 1. The van der Waals surface area contributed by atoms with Gasteiger partial charge in [-0.25, -0.2) is 4.79 Å². The molecule has 2 N–H and O–H groups in total. The number of carbonyl (C=O) groups is 2. The summed E-state index contributed by atoms with van der Waals surface area (Å²) in [6, 6.07) is 3.30. The Morgan fingerprint density at radius 2 is 1.89 bits per heavy atom. The number of β-amino-alcohol motifs (C(OH)–C–C–N with tert-alkyl or cyclic N) is 1. The van der Waals surface area contributed by atoms with E-state index >= 15 is 0 Å². The quantitative estimate of drug-likeness (QED) is 0.531. The van der Waals surface area contributed by atoms with Gasteiger partial charge in [0.2, 0.25) is 6.79 Å². The lowest BCUT2D eigenvalue weighted by Crippen LogP contribution is -2.51. The summed E-state index contributed by atoms with van der Waals surface area (Å²) in [5, 5.41) is 13.4. The molecule has 1 amide bonds. The number of fused-ring (bicyclic) bond motifs is 1. The van der Waals surface area contributed by atoms with Crippen molar-refractivity contribution < 1.29 is 28.9 Å². The number of Topliss-reactive ketones (excluding diaryl/α,β-unsaturated/α-hetero) is 1. The van der Waals surface area contributed by atoms with Gasteiger partial charge in [-0.05, 0) is 19.4 Å². The summed E-state index contributed by atoms with van der Waals surface area (Å²) in [6.07, 6.45) is -0.366. The average molecular weight is 393 g/mol. The van der Waals surface area contributed by atoms with Crippen LogP contribution in [0.1, 0.15) is 30.6 Å². The van der Waals surface area contributed by atoms with E-state index in [4.69, 9.17) is 14.2 Å². The van der Waals surface area contributed by atoms with Crippen molar-refractivity contribution in [2.24, 2.45) is 0 Å². The van der Waals surface area contributed by atoms with Crippen LogP contribution in [0.15, 0.2) is 12.1 Å². The second-order valence-electron chi connectivity index (χ2n) is 6.87. The van der Waals surface area contributed by atoms with Crippen LogP contribution in [-0.2, 0) is 4.74 Å². The molecule has 28 heavy (non-hydrogen) atoms. The van der Waals surface area contributed by atoms with Crippen LogP contribution in [-0.4, -0.2) is 79.1 Å². The number of ether oxygens (including phenoxy) is 3. The van der Waals surface area contributed by atoms with Gasteiger partial charge in [0.25, 0.3) is 0 Å². The van der Waals surface area contributed by atoms with Crippen LogP contribution in [0.25, 0.3) is 0 Å². The highest BCUT2D eigenvalue weighted by Gasteiger charge is 2.25. The molecular formula is C19H27N3O6. The first kappa shape index (κ1) is 20.2. The smallest absolute Gasteiger partial charge is 0.409 e. The third kappa shape index (κ3) is 4.85. The van der Waals surface area contributed by atoms with Crippen molar-refractivity contribution in [3.8, 4) is 11.5 Å². The number of benzene rings is 1. The summed E-state index contributed by atoms with van der Waals surface area (Å²) in [6.45, 7) is 6.71. The van der Waals surface area contributed by atoms with Crippen LogP contribution in [0.4, 0.5) is 10.5 Å². The fraction of sp³-hybridized carbons (Fsp3) is 0.579. The van der Waals surface area contributed by atoms with Gasteiger partial charge in [-0.1, -0.05) is 6.92 Å². The van der Waals surface area contributed by atoms with Crippen molar-refractivity contribution in [3.05, 3.63) is 17.7 Å². The molecule has 1 unspecified atom stereocenters. The molecule has 0 bridgehead atoms. The molecule has 1 atom stereocenters. The van der Waals surface area contributed by atoms with Crippen molar-refractivity contribution in [2.75, 3.05) is 51.4 Å². The lowest BCUT2D eigenvalue weighted by atomic mass is 10.1. The van der Waals surface area contributed by atoms with Crippen LogP contribution < -0.4 is 14.8 Å². The van der Waals surface area contributed by atoms with Crippen LogP contribution in [0.5, 0.6) is 11.5 Å². The van der Waals surface area contributed by atoms with Gasteiger partial charge in [-0.3, -0.25) is 9.69 Å². The topological polar surface area (TPSA) is 101 Å². The first-order valence-electron chi connectivity index (χ1n) is 9.51. The van der Waals surface area contributed by atoms with Gasteiger partial charge in [0.05, 0.1) is 12.3 Å². The first-order chi connectivity index (χ1) is 13.5. The van der Waals surface area contributed by atoms with Crippen molar-refractivity contribution in [1.29, 1.82) is 0 Å². The normalized spacial score (nSPS) is 17.3. The van der Waals surface area contributed by atoms with Gasteiger partial charge in [0.1, 0.15) is 6.23 Å². The van der Waals surface area contributed by atoms with Crippen LogP contribution >= 0.6 is 0 Å². The highest BCUT2D eigenvalue weighted by molar-refractivity contribution is 6.00. The molecular weight excluding hydrogens is 366 g/mol. The van der Waals surface area contributed by atoms with Gasteiger partial charge in [0.15, 0.2) is 17.3 Å². The molecule has 1 aromatic rings. The van der Waals surface area contributed by atoms with E-state index in [0.29, 0.717) is 62.1 Å². The zero-order valence-electron chi connectivity index (χ0n) is 16.3. The number of nitrogens with one attached hydrogen (secondary N) is 1. The molecule has 3 rings (SSSR count). The lowest BCUT2D eigenvalue weighted by Gasteiger charge is -2.35. The van der Waals surface area contributed by atoms with E-state index in [1.807, 2.05) is 6.92 Å². The minimum absolute atomic E-state index is 0.115. The maximum Gasteiger partial charge on any atom is 0.409 e. The second-order valence-corrected chi connectivity index (χ2v) is 6.87. The molecule has 0 aliphatic carbocycles. The molecule has 154 valence electrons. The predicted octanol–water partition coefficient (Wildman–Crippen LogP) is 1.51. The molecule has 2 aliphatic heterocycles. The summed E-state index contributed by atoms with van der Waals surface area (Å²) in [5.74, 6) is 0.933. The summed E-state index contributed by atoms with van der Waals surface area (Å²) in [4.78, 5) is 27.6. The van der Waals surface area contributed by atoms with Crippen molar-refractivity contribution in [1.82, 2.24) is 9.80 Å². The maximum atomic E-state index is 11.9. The Balaban J connectivity index is 1.53. The summed E-state index contributed by atoms with van der Waals surface area (Å²) < 4.78 is 15.8. The van der Waals surface area contributed by atoms with Crippen molar-refractivity contribution in [3.63, 3.8) is 0 Å². The number of piperazine rings is 1. The Bertz CT molecular complexity index is 718. The molecule has 0 saturated carbocycles. The Morgan fingerprint density at radius 1 is 1.21 bits per heavy atom. The molecule has 2 heterocycles. The number of hydrogen-bond donors (Lipinski definition) is 2. The number of carbonyl (C=O) groups excluding carboxylic acids is 2. The number of amides is 1. The highest BCUT2D eigenvalue weighted by atomic mass is 16.7. The largest absolute Gasteiger partial charge is 0.454 e. The van der Waals surface area contributed by atoms with Gasteiger partial charge in [0, 0.05) is 44.4 Å². The van der Waals surface area contributed by atoms with E-state index < -0.39 is 6.23 Å². The van der Waals surface area contributed by atoms with E-state index in [-0.39, 0.29) is 18.7 Å². The van der Waals surface area contributed by atoms with E-state index in [2.05, 4.69) is 10.2 Å². The van der Waals surface area contributed by atoms with Crippen molar-refractivity contribution >= 4 is 17.6 Å². The van der Waals surface area contributed by atoms with Crippen LogP contribution in [0, 0.1) is 0 Å². The minimum atomic E-state index is -0.878. The van der Waals surface area contributed by atoms with Gasteiger partial charge in [-0.2, -0.15) is 0 Å². The molecule has 0 aromatic heterocycles. The second kappa shape index (κ2) is 9.11. The van der Waals surface area contributed by atoms with Gasteiger partial charge < -0.3 is 29.5 Å². The summed E-state index contributed by atoms with van der Waals surface area (Å²) in [7, 11) is 0. The molecule has 9 nitrogen and oxygen atoms in total. The molecule has 9 heteroatoms. The monoisotopic (exact) mass is 393 g/mol. The van der Waals surface area contributed by atoms with Crippen LogP contribution in [0.2, 0.25) is 0 Å². The molecule has 1 fully saturated rings. The zero-order valence-corrected chi connectivity index (χ0v) is 16.3. The fourth-order valence-corrected chi connectivity index (χ4v) is 3.22. The lowest BCUT2D eigenvalue weighted by molar-refractivity contribution is 0.0618. The number of anilines is 1. The fourth-order valence-electron chi connectivity index (χ4n) is 3.22. The predicted molar refractivity (Wildman–Crippen MR) is 102 cm³/mol. The Hall–Kier alpha value is -2.52. The van der Waals surface area contributed by atoms with Crippen molar-refractivity contribution in [2.45, 2.75) is 26.5 Å². The molecule has 0 radical (unpaired) electrons. The number of nitrogens with zero attached hydrogens (tertiary/aromatic N) is 2. The summed E-state index contributed by atoms with van der Waals surface area (Å²) in [5.41, 5.74) is 0.942. The van der Waals surface area contributed by atoms with E-state index in [1.165, 1.54) is 6.92 Å². The third-order valence-corrected chi connectivity index (χ3v) is 4.71. The van der Waals surface area contributed by atoms with Gasteiger partial charge >= 0.3 is 6.09 Å². The molecule has 1 aromatic carbocycles. The third-order valence-electron chi connectivity index (χ3n) is 4.71. The molecule has 0 spiro atoms. The highest BCUT2D eigenvalue weighted by Crippen LogP contribution is 2.37. The Morgan fingerprint density at radius 3 is 2.54 bits per heavy atom. The SMILES string of the molecule is CCCOC(=O)N1CCN(CC(O)Nc2cc3c(cc2C(C)=O)OCO3)CC1. The standard InChI is InChI=1S/C19H27N3O6/c1-3-8-26-19(25)22-6-4-21(5-7-22)11-18(24)20-15-10-17-16(27-12-28-17)9-14(15)13(2)23/h9-10,18,20,24H,3-8,11-12H2,1-2H3. The number of aliphatic hydroxyl groups is 1. The van der Waals surface area contributed by atoms with E-state index in [9.17, 15) is 14.7 Å². The average Bonchev–Trinajstić information content (AvgIpc) is 3.13.